The van der Waals surface area contributed by atoms with E-state index < -0.39 is 11.3 Å². The molecule has 0 amide bonds. The Morgan fingerprint density at radius 2 is 1.19 bits per heavy atom. The summed E-state index contributed by atoms with van der Waals surface area (Å²) in [6, 6.07) is 17.7. The molecule has 2 aromatic heterocycles. The maximum atomic E-state index is 13.1. The summed E-state index contributed by atoms with van der Waals surface area (Å²) in [6.45, 7) is 3.65. The number of hydrogen-bond acceptors (Lipinski definition) is 4. The highest BCUT2D eigenvalue weighted by atomic mass is 35.5. The monoisotopic (exact) mass is 462 g/mol. The number of aryl methyl sites for hydroxylation is 2. The standard InChI is InChI=1S/C26H16Cl2O4/c1-13-15-11-12-20-23(14(2)22(25(29)31-20)17-8-4-6-10-19(17)28)24(15)32-26(30)21(13)16-7-3-5-9-18(16)27/h3-12H,1-2H3. The molecule has 2 heterocycles. The van der Waals surface area contributed by atoms with Gasteiger partial charge in [0, 0.05) is 26.6 Å². The molecule has 0 aliphatic carbocycles. The topological polar surface area (TPSA) is 60.4 Å². The second-order valence-corrected chi connectivity index (χ2v) is 8.37. The van der Waals surface area contributed by atoms with Crippen LogP contribution in [0.3, 0.4) is 0 Å². The molecule has 0 N–H and O–H groups in total. The molecule has 0 aliphatic heterocycles. The summed E-state index contributed by atoms with van der Waals surface area (Å²) in [7, 11) is 0. The molecule has 5 aromatic rings. The van der Waals surface area contributed by atoms with Gasteiger partial charge < -0.3 is 8.83 Å². The quantitative estimate of drug-likeness (QED) is 0.206. The van der Waals surface area contributed by atoms with Crippen LogP contribution in [0.5, 0.6) is 0 Å². The largest absolute Gasteiger partial charge is 0.422 e. The SMILES string of the molecule is Cc1c(-c2ccccc2Cl)c(=O)oc2c1ccc1oc(=O)c(-c3ccccc3Cl)c(C)c12. The average molecular weight is 463 g/mol. The van der Waals surface area contributed by atoms with Crippen molar-refractivity contribution in [1.82, 2.24) is 0 Å². The van der Waals surface area contributed by atoms with E-state index in [1.165, 1.54) is 0 Å². The van der Waals surface area contributed by atoms with E-state index in [0.29, 0.717) is 54.4 Å². The molecule has 0 aliphatic rings. The minimum absolute atomic E-state index is 0.337. The van der Waals surface area contributed by atoms with Gasteiger partial charge in [-0.3, -0.25) is 0 Å². The number of halogens is 2. The Morgan fingerprint density at radius 1 is 0.656 bits per heavy atom. The Kier molecular flexibility index (Phi) is 4.92. The maximum Gasteiger partial charge on any atom is 0.344 e. The molecule has 0 spiro atoms. The highest BCUT2D eigenvalue weighted by Crippen LogP contribution is 2.37. The molecule has 158 valence electrons. The fraction of sp³-hybridized carbons (Fsp3) is 0.0769. The van der Waals surface area contributed by atoms with Gasteiger partial charge in [-0.1, -0.05) is 59.6 Å². The molecule has 0 atom stereocenters. The molecule has 32 heavy (non-hydrogen) atoms. The van der Waals surface area contributed by atoms with Gasteiger partial charge in [0.25, 0.3) is 0 Å². The zero-order valence-corrected chi connectivity index (χ0v) is 18.7. The Hall–Kier alpha value is -3.34. The molecule has 4 nitrogen and oxygen atoms in total. The van der Waals surface area contributed by atoms with Gasteiger partial charge >= 0.3 is 11.3 Å². The van der Waals surface area contributed by atoms with Gasteiger partial charge in [-0.05, 0) is 49.2 Å². The minimum atomic E-state index is -0.513. The highest BCUT2D eigenvalue weighted by Gasteiger charge is 2.21. The van der Waals surface area contributed by atoms with Gasteiger partial charge in [-0.25, -0.2) is 9.59 Å². The third-order valence-corrected chi connectivity index (χ3v) is 6.40. The van der Waals surface area contributed by atoms with Crippen molar-refractivity contribution in [3.8, 4) is 22.3 Å². The van der Waals surface area contributed by atoms with Crippen molar-refractivity contribution >= 4 is 45.1 Å². The molecular weight excluding hydrogens is 447 g/mol. The predicted molar refractivity (Wildman–Crippen MR) is 129 cm³/mol. The van der Waals surface area contributed by atoms with Crippen LogP contribution < -0.4 is 11.3 Å². The maximum absolute atomic E-state index is 13.1. The van der Waals surface area contributed by atoms with Crippen LogP contribution in [0.15, 0.2) is 79.1 Å². The lowest BCUT2D eigenvalue weighted by atomic mass is 9.95. The Labute approximate surface area is 192 Å². The molecule has 0 unspecified atom stereocenters. The van der Waals surface area contributed by atoms with Crippen molar-refractivity contribution in [2.24, 2.45) is 0 Å². The summed E-state index contributed by atoms with van der Waals surface area (Å²) < 4.78 is 11.4. The number of fused-ring (bicyclic) bond motifs is 3. The van der Waals surface area contributed by atoms with Crippen molar-refractivity contribution in [1.29, 1.82) is 0 Å². The van der Waals surface area contributed by atoms with Gasteiger partial charge in [0.2, 0.25) is 0 Å². The van der Waals surface area contributed by atoms with Crippen LogP contribution in [0.1, 0.15) is 11.1 Å². The fourth-order valence-corrected chi connectivity index (χ4v) is 4.68. The van der Waals surface area contributed by atoms with Crippen molar-refractivity contribution < 1.29 is 8.83 Å². The van der Waals surface area contributed by atoms with E-state index >= 15 is 0 Å². The van der Waals surface area contributed by atoms with Crippen molar-refractivity contribution in [2.45, 2.75) is 13.8 Å². The fourth-order valence-electron chi connectivity index (χ4n) is 4.22. The second kappa shape index (κ2) is 7.66. The van der Waals surface area contributed by atoms with Crippen molar-refractivity contribution in [3.63, 3.8) is 0 Å². The lowest BCUT2D eigenvalue weighted by molar-refractivity contribution is 0.553. The van der Waals surface area contributed by atoms with Gasteiger partial charge in [-0.2, -0.15) is 0 Å². The first-order valence-corrected chi connectivity index (χ1v) is 10.7. The molecule has 0 fully saturated rings. The Morgan fingerprint density at radius 3 is 1.78 bits per heavy atom. The number of benzene rings is 3. The molecule has 5 rings (SSSR count). The van der Waals surface area contributed by atoms with E-state index in [9.17, 15) is 9.59 Å². The molecule has 6 heteroatoms. The van der Waals surface area contributed by atoms with E-state index in [4.69, 9.17) is 32.0 Å². The average Bonchev–Trinajstić information content (AvgIpc) is 2.76. The summed E-state index contributed by atoms with van der Waals surface area (Å²) in [5.41, 5.74) is 2.95. The first-order chi connectivity index (χ1) is 15.4. The van der Waals surface area contributed by atoms with Gasteiger partial charge in [0.15, 0.2) is 0 Å². The van der Waals surface area contributed by atoms with E-state index in [1.54, 1.807) is 61.5 Å². The molecular formula is C26H16Cl2O4. The highest BCUT2D eigenvalue weighted by molar-refractivity contribution is 6.34. The Bertz CT molecular complexity index is 1660. The smallest absolute Gasteiger partial charge is 0.344 e. The minimum Gasteiger partial charge on any atom is -0.422 e. The third kappa shape index (κ3) is 3.07. The first kappa shape index (κ1) is 20.6. The van der Waals surface area contributed by atoms with Crippen LogP contribution in [0, 0.1) is 13.8 Å². The van der Waals surface area contributed by atoms with E-state index in [1.807, 2.05) is 13.0 Å². The third-order valence-electron chi connectivity index (χ3n) is 5.74. The molecule has 0 saturated carbocycles. The molecule has 0 radical (unpaired) electrons. The summed E-state index contributed by atoms with van der Waals surface area (Å²) in [5, 5.41) is 2.18. The molecule has 3 aromatic carbocycles. The van der Waals surface area contributed by atoms with Crippen LogP contribution in [-0.2, 0) is 0 Å². The summed E-state index contributed by atoms with van der Waals surface area (Å²) in [4.78, 5) is 25.9. The van der Waals surface area contributed by atoms with Crippen molar-refractivity contribution in [3.05, 3.63) is 103 Å². The second-order valence-electron chi connectivity index (χ2n) is 7.55. The Balaban J connectivity index is 1.91. The van der Waals surface area contributed by atoms with Crippen LogP contribution >= 0.6 is 23.2 Å². The number of hydrogen-bond donors (Lipinski definition) is 0. The molecule has 0 saturated heterocycles. The first-order valence-electron chi connectivity index (χ1n) is 9.92. The van der Waals surface area contributed by atoms with E-state index in [0.717, 1.165) is 10.9 Å². The summed E-state index contributed by atoms with van der Waals surface area (Å²) in [6.07, 6.45) is 0. The summed E-state index contributed by atoms with van der Waals surface area (Å²) >= 11 is 12.7. The lowest BCUT2D eigenvalue weighted by Gasteiger charge is -2.13. The van der Waals surface area contributed by atoms with Crippen LogP contribution in [0.2, 0.25) is 10.0 Å². The van der Waals surface area contributed by atoms with Crippen LogP contribution in [0.4, 0.5) is 0 Å². The van der Waals surface area contributed by atoms with E-state index in [-0.39, 0.29) is 0 Å². The summed E-state index contributed by atoms with van der Waals surface area (Å²) in [5.74, 6) is 0. The zero-order valence-electron chi connectivity index (χ0n) is 17.2. The van der Waals surface area contributed by atoms with Crippen LogP contribution in [0.25, 0.3) is 44.2 Å². The predicted octanol–water partition coefficient (Wildman–Crippen LogP) is 7.16. The number of rotatable bonds is 2. The van der Waals surface area contributed by atoms with Gasteiger partial charge in [0.1, 0.15) is 11.2 Å². The normalized spacial score (nSPS) is 11.4. The van der Waals surface area contributed by atoms with E-state index in [2.05, 4.69) is 0 Å². The molecule has 0 bridgehead atoms. The van der Waals surface area contributed by atoms with Gasteiger partial charge in [-0.15, -0.1) is 0 Å². The van der Waals surface area contributed by atoms with Gasteiger partial charge in [0.05, 0.1) is 16.5 Å². The van der Waals surface area contributed by atoms with Crippen molar-refractivity contribution in [2.75, 3.05) is 0 Å². The van der Waals surface area contributed by atoms with Crippen LogP contribution in [-0.4, -0.2) is 0 Å². The zero-order chi connectivity index (χ0) is 22.6. The lowest BCUT2D eigenvalue weighted by Crippen LogP contribution is -2.09.